The van der Waals surface area contributed by atoms with Gasteiger partial charge in [0.05, 0.1) is 9.79 Å². The van der Waals surface area contributed by atoms with Crippen molar-refractivity contribution in [1.82, 2.24) is 0 Å². The molecule has 0 saturated heterocycles. The molecule has 32 heavy (non-hydrogen) atoms. The van der Waals surface area contributed by atoms with E-state index in [1.54, 1.807) is 30.3 Å². The molecule has 0 amide bonds. The van der Waals surface area contributed by atoms with Crippen molar-refractivity contribution in [2.24, 2.45) is 0 Å². The predicted octanol–water partition coefficient (Wildman–Crippen LogP) is 6.03. The van der Waals surface area contributed by atoms with Crippen LogP contribution in [-0.4, -0.2) is 20.5 Å². The molecule has 1 aliphatic rings. The first-order valence-electron chi connectivity index (χ1n) is 11.6. The lowest BCUT2D eigenvalue weighted by molar-refractivity contribution is 0.595. The van der Waals surface area contributed by atoms with Crippen LogP contribution in [0.3, 0.4) is 0 Å². The van der Waals surface area contributed by atoms with Gasteiger partial charge in [-0.1, -0.05) is 30.3 Å². The summed E-state index contributed by atoms with van der Waals surface area (Å²) in [5.41, 5.74) is 6.50. The Morgan fingerprint density at radius 3 is 1.75 bits per heavy atom. The lowest BCUT2D eigenvalue weighted by atomic mass is 9.88. The molecule has 0 bridgehead atoms. The largest absolute Gasteiger partial charge is 0.367 e. The third kappa shape index (κ3) is 4.47. The Kier molecular flexibility index (Phi) is 6.43. The average Bonchev–Trinajstić information content (AvgIpc) is 2.75. The maximum atomic E-state index is 13.1. The van der Waals surface area contributed by atoms with E-state index >= 15 is 0 Å². The Balaban J connectivity index is 1.62. The number of hydrogen-bond acceptors (Lipinski definition) is 3. The Hall–Kier alpha value is -2.59. The molecule has 0 fully saturated rings. The maximum Gasteiger partial charge on any atom is 0.206 e. The van der Waals surface area contributed by atoms with E-state index in [0.29, 0.717) is 21.9 Å². The molecule has 0 radical (unpaired) electrons. The summed E-state index contributed by atoms with van der Waals surface area (Å²) in [6.45, 7) is 8.98. The van der Waals surface area contributed by atoms with E-state index in [9.17, 15) is 8.42 Å². The molecule has 0 atom stereocenters. The topological polar surface area (TPSA) is 37.4 Å². The molecule has 1 aliphatic carbocycles. The second-order valence-electron chi connectivity index (χ2n) is 9.29. The first kappa shape index (κ1) is 22.6. The fourth-order valence-corrected chi connectivity index (χ4v) is 6.29. The standard InChI is InChI=1S/C28H33NO2S/c1-20(2)29(21(3)4)26-16-14-22-11-13-25-19-28(17-15-23(25)10-12-24(22)18-26)32(30,31)27-8-6-5-7-9-27/h5-9,14-21H,10-13H2,1-4H3. The van der Waals surface area contributed by atoms with Crippen LogP contribution in [0.5, 0.6) is 0 Å². The highest BCUT2D eigenvalue weighted by molar-refractivity contribution is 7.91. The zero-order valence-corrected chi connectivity index (χ0v) is 20.3. The molecule has 4 rings (SSSR count). The maximum absolute atomic E-state index is 13.1. The van der Waals surface area contributed by atoms with Crippen molar-refractivity contribution < 1.29 is 8.42 Å². The van der Waals surface area contributed by atoms with Gasteiger partial charge in [-0.05, 0) is 112 Å². The number of anilines is 1. The van der Waals surface area contributed by atoms with Crippen molar-refractivity contribution >= 4 is 15.5 Å². The molecule has 0 saturated carbocycles. The summed E-state index contributed by atoms with van der Waals surface area (Å²) in [5, 5.41) is 0. The van der Waals surface area contributed by atoms with Crippen LogP contribution in [0.1, 0.15) is 49.9 Å². The summed E-state index contributed by atoms with van der Waals surface area (Å²) in [4.78, 5) is 3.21. The molecule has 0 aromatic heterocycles. The van der Waals surface area contributed by atoms with Gasteiger partial charge in [0.25, 0.3) is 0 Å². The van der Waals surface area contributed by atoms with Gasteiger partial charge in [-0.15, -0.1) is 0 Å². The molecule has 0 unspecified atom stereocenters. The van der Waals surface area contributed by atoms with Crippen molar-refractivity contribution in [2.75, 3.05) is 4.90 Å². The third-order valence-corrected chi connectivity index (χ3v) is 8.24. The van der Waals surface area contributed by atoms with Gasteiger partial charge in [0.2, 0.25) is 9.84 Å². The molecular formula is C28H33NO2S. The molecule has 3 aromatic carbocycles. The van der Waals surface area contributed by atoms with Crippen LogP contribution in [0, 0.1) is 0 Å². The van der Waals surface area contributed by atoms with Gasteiger partial charge in [0, 0.05) is 17.8 Å². The molecule has 0 N–H and O–H groups in total. The Morgan fingerprint density at radius 1 is 0.625 bits per heavy atom. The number of rotatable bonds is 5. The molecule has 0 spiro atoms. The van der Waals surface area contributed by atoms with E-state index in [-0.39, 0.29) is 0 Å². The van der Waals surface area contributed by atoms with E-state index in [0.717, 1.165) is 31.2 Å². The second-order valence-corrected chi connectivity index (χ2v) is 11.2. The smallest absolute Gasteiger partial charge is 0.206 e. The summed E-state index contributed by atoms with van der Waals surface area (Å²) in [6, 6.07) is 22.2. The minimum absolute atomic E-state index is 0.350. The molecule has 3 nitrogen and oxygen atoms in total. The van der Waals surface area contributed by atoms with Crippen LogP contribution >= 0.6 is 0 Å². The highest BCUT2D eigenvalue weighted by Gasteiger charge is 2.21. The molecule has 0 aliphatic heterocycles. The summed E-state index contributed by atoms with van der Waals surface area (Å²) in [6.07, 6.45) is 3.70. The summed E-state index contributed by atoms with van der Waals surface area (Å²) in [7, 11) is -3.49. The van der Waals surface area contributed by atoms with E-state index < -0.39 is 9.84 Å². The van der Waals surface area contributed by atoms with Gasteiger partial charge in [-0.2, -0.15) is 0 Å². The lowest BCUT2D eigenvalue weighted by Crippen LogP contribution is -2.37. The number of sulfone groups is 1. The van der Waals surface area contributed by atoms with Gasteiger partial charge >= 0.3 is 0 Å². The molecule has 0 heterocycles. The number of aryl methyl sites for hydroxylation is 4. The average molecular weight is 448 g/mol. The zero-order chi connectivity index (χ0) is 22.9. The van der Waals surface area contributed by atoms with E-state index in [2.05, 4.69) is 50.8 Å². The van der Waals surface area contributed by atoms with Crippen LogP contribution in [0.15, 0.2) is 76.5 Å². The number of hydrogen-bond donors (Lipinski definition) is 0. The van der Waals surface area contributed by atoms with Gasteiger partial charge < -0.3 is 4.90 Å². The highest BCUT2D eigenvalue weighted by Crippen LogP contribution is 2.30. The van der Waals surface area contributed by atoms with Crippen LogP contribution in [0.4, 0.5) is 5.69 Å². The Bertz CT molecular complexity index is 1190. The molecule has 4 heteroatoms. The van der Waals surface area contributed by atoms with Crippen molar-refractivity contribution in [3.8, 4) is 0 Å². The number of benzene rings is 3. The Labute approximate surface area is 193 Å². The van der Waals surface area contributed by atoms with Gasteiger partial charge in [-0.3, -0.25) is 0 Å². The Morgan fingerprint density at radius 2 is 1.16 bits per heavy atom. The van der Waals surface area contributed by atoms with Crippen LogP contribution < -0.4 is 4.90 Å². The van der Waals surface area contributed by atoms with Crippen molar-refractivity contribution in [2.45, 2.75) is 75.3 Å². The fraction of sp³-hybridized carbons (Fsp3) is 0.357. The van der Waals surface area contributed by atoms with Crippen molar-refractivity contribution in [1.29, 1.82) is 0 Å². The lowest BCUT2D eigenvalue weighted by Gasteiger charge is -2.34. The predicted molar refractivity (Wildman–Crippen MR) is 132 cm³/mol. The third-order valence-electron chi connectivity index (χ3n) is 6.47. The summed E-state index contributed by atoms with van der Waals surface area (Å²) >= 11 is 0. The molecular weight excluding hydrogens is 414 g/mol. The number of nitrogens with zero attached hydrogens (tertiary/aromatic N) is 1. The van der Waals surface area contributed by atoms with Crippen LogP contribution in [0.2, 0.25) is 0 Å². The van der Waals surface area contributed by atoms with E-state index in [1.807, 2.05) is 18.2 Å². The van der Waals surface area contributed by atoms with E-state index in [4.69, 9.17) is 0 Å². The SMILES string of the molecule is CC(C)N(c1ccc2c(c1)CCc1ccc(S(=O)(=O)c3ccccc3)cc1CC2)C(C)C. The minimum Gasteiger partial charge on any atom is -0.367 e. The van der Waals surface area contributed by atoms with Crippen molar-refractivity contribution in [3.05, 3.63) is 89.0 Å². The minimum atomic E-state index is -3.49. The molecule has 3 aromatic rings. The van der Waals surface area contributed by atoms with Gasteiger partial charge in [0.15, 0.2) is 0 Å². The first-order valence-corrected chi connectivity index (χ1v) is 13.1. The monoisotopic (exact) mass is 447 g/mol. The van der Waals surface area contributed by atoms with Crippen LogP contribution in [-0.2, 0) is 35.5 Å². The van der Waals surface area contributed by atoms with Crippen LogP contribution in [0.25, 0.3) is 0 Å². The molecule has 168 valence electrons. The fourth-order valence-electron chi connectivity index (χ4n) is 4.96. The quantitative estimate of drug-likeness (QED) is 0.479. The highest BCUT2D eigenvalue weighted by atomic mass is 32.2. The van der Waals surface area contributed by atoms with Crippen molar-refractivity contribution in [3.63, 3.8) is 0 Å². The van der Waals surface area contributed by atoms with Gasteiger partial charge in [0.1, 0.15) is 0 Å². The summed E-state index contributed by atoms with van der Waals surface area (Å²) < 4.78 is 26.2. The normalized spacial score (nSPS) is 13.9. The van der Waals surface area contributed by atoms with E-state index in [1.165, 1.54) is 22.4 Å². The summed E-state index contributed by atoms with van der Waals surface area (Å²) in [5.74, 6) is 0. The first-order chi connectivity index (χ1) is 15.3. The van der Waals surface area contributed by atoms with Gasteiger partial charge in [-0.25, -0.2) is 8.42 Å². The zero-order valence-electron chi connectivity index (χ0n) is 19.5. The number of fused-ring (bicyclic) bond motifs is 2. The second kappa shape index (κ2) is 9.11.